The van der Waals surface area contributed by atoms with Gasteiger partial charge in [-0.3, -0.25) is 4.90 Å². The van der Waals surface area contributed by atoms with E-state index in [1.165, 1.54) is 6.42 Å². The molecule has 0 saturated carbocycles. The van der Waals surface area contributed by atoms with E-state index in [2.05, 4.69) is 17.1 Å². The number of halogens is 1. The summed E-state index contributed by atoms with van der Waals surface area (Å²) in [6.45, 7) is 4.37. The average Bonchev–Trinajstić information content (AvgIpc) is 2.81. The molecule has 1 aliphatic rings. The normalized spacial score (nSPS) is 22.9. The fourth-order valence-electron chi connectivity index (χ4n) is 2.53. The van der Waals surface area contributed by atoms with Crippen LogP contribution in [0, 0.1) is 5.82 Å². The summed E-state index contributed by atoms with van der Waals surface area (Å²) in [7, 11) is 2.01. The minimum atomic E-state index is -0.0799. The molecular weight excluding hydrogens is 215 g/mol. The van der Waals surface area contributed by atoms with Gasteiger partial charge in [0.05, 0.1) is 0 Å². The van der Waals surface area contributed by atoms with Gasteiger partial charge in [-0.2, -0.15) is 0 Å². The zero-order valence-electron chi connectivity index (χ0n) is 10.6. The third-order valence-electron chi connectivity index (χ3n) is 3.72. The highest BCUT2D eigenvalue weighted by molar-refractivity contribution is 5.18. The second-order valence-electron chi connectivity index (χ2n) is 4.91. The standard InChI is InChI=1S/C14H21FN2/c1-11(17-8-7-13(10-17)16-2)9-12-5-3-4-6-14(12)15/h3-6,11,13,16H,7-10H2,1-2H3. The molecule has 2 nitrogen and oxygen atoms in total. The molecule has 2 rings (SSSR count). The van der Waals surface area contributed by atoms with Crippen LogP contribution in [0.2, 0.25) is 0 Å². The van der Waals surface area contributed by atoms with Gasteiger partial charge >= 0.3 is 0 Å². The lowest BCUT2D eigenvalue weighted by Gasteiger charge is -2.24. The van der Waals surface area contributed by atoms with Gasteiger partial charge in [-0.1, -0.05) is 18.2 Å². The number of likely N-dealkylation sites (N-methyl/N-ethyl adjacent to an activating group) is 1. The number of benzene rings is 1. The van der Waals surface area contributed by atoms with Crippen molar-refractivity contribution in [3.8, 4) is 0 Å². The minimum Gasteiger partial charge on any atom is -0.316 e. The molecule has 1 aliphatic heterocycles. The van der Waals surface area contributed by atoms with Crippen molar-refractivity contribution in [3.05, 3.63) is 35.6 Å². The molecule has 1 aromatic rings. The van der Waals surface area contributed by atoms with Crippen molar-refractivity contribution in [1.29, 1.82) is 0 Å². The summed E-state index contributed by atoms with van der Waals surface area (Å²) < 4.78 is 13.5. The fraction of sp³-hybridized carbons (Fsp3) is 0.571. The maximum atomic E-state index is 13.5. The Morgan fingerprint density at radius 3 is 2.88 bits per heavy atom. The van der Waals surface area contributed by atoms with Crippen LogP contribution in [0.25, 0.3) is 0 Å². The van der Waals surface area contributed by atoms with Crippen LogP contribution >= 0.6 is 0 Å². The molecule has 0 radical (unpaired) electrons. The molecule has 3 heteroatoms. The van der Waals surface area contributed by atoms with Gasteiger partial charge in [-0.15, -0.1) is 0 Å². The third kappa shape index (κ3) is 3.05. The monoisotopic (exact) mass is 236 g/mol. The van der Waals surface area contributed by atoms with Crippen molar-refractivity contribution >= 4 is 0 Å². The first kappa shape index (κ1) is 12.5. The largest absolute Gasteiger partial charge is 0.316 e. The number of hydrogen-bond acceptors (Lipinski definition) is 2. The van der Waals surface area contributed by atoms with Crippen LogP contribution in [0.4, 0.5) is 4.39 Å². The highest BCUT2D eigenvalue weighted by atomic mass is 19.1. The van der Waals surface area contributed by atoms with Gasteiger partial charge in [0.25, 0.3) is 0 Å². The molecule has 1 saturated heterocycles. The number of nitrogens with zero attached hydrogens (tertiary/aromatic N) is 1. The van der Waals surface area contributed by atoms with Gasteiger partial charge < -0.3 is 5.32 Å². The Kier molecular flexibility index (Phi) is 4.13. The minimum absolute atomic E-state index is 0.0799. The molecule has 1 aromatic carbocycles. The summed E-state index contributed by atoms with van der Waals surface area (Å²) >= 11 is 0. The predicted molar refractivity (Wildman–Crippen MR) is 68.6 cm³/mol. The molecule has 0 aliphatic carbocycles. The summed E-state index contributed by atoms with van der Waals surface area (Å²) in [5, 5.41) is 3.31. The Morgan fingerprint density at radius 1 is 1.47 bits per heavy atom. The molecule has 0 aromatic heterocycles. The van der Waals surface area contributed by atoms with Crippen LogP contribution in [0.5, 0.6) is 0 Å². The van der Waals surface area contributed by atoms with E-state index in [-0.39, 0.29) is 5.82 Å². The molecule has 0 spiro atoms. The van der Waals surface area contributed by atoms with Crippen molar-refractivity contribution < 1.29 is 4.39 Å². The quantitative estimate of drug-likeness (QED) is 0.860. The Bertz CT molecular complexity index is 367. The zero-order valence-corrected chi connectivity index (χ0v) is 10.6. The van der Waals surface area contributed by atoms with E-state index in [0.29, 0.717) is 12.1 Å². The van der Waals surface area contributed by atoms with E-state index >= 15 is 0 Å². The van der Waals surface area contributed by atoms with Crippen LogP contribution in [0.15, 0.2) is 24.3 Å². The first-order valence-corrected chi connectivity index (χ1v) is 6.35. The smallest absolute Gasteiger partial charge is 0.126 e. The van der Waals surface area contributed by atoms with E-state index in [1.807, 2.05) is 19.2 Å². The molecule has 1 N–H and O–H groups in total. The van der Waals surface area contributed by atoms with Crippen molar-refractivity contribution in [1.82, 2.24) is 10.2 Å². The van der Waals surface area contributed by atoms with E-state index in [1.54, 1.807) is 12.1 Å². The predicted octanol–water partition coefficient (Wildman–Crippen LogP) is 2.05. The molecule has 94 valence electrons. The van der Waals surface area contributed by atoms with E-state index < -0.39 is 0 Å². The van der Waals surface area contributed by atoms with Gasteiger partial charge in [0.15, 0.2) is 0 Å². The summed E-state index contributed by atoms with van der Waals surface area (Å²) in [6, 6.07) is 8.09. The van der Waals surface area contributed by atoms with E-state index in [4.69, 9.17) is 0 Å². The lowest BCUT2D eigenvalue weighted by molar-refractivity contribution is 0.250. The maximum Gasteiger partial charge on any atom is 0.126 e. The topological polar surface area (TPSA) is 15.3 Å². The maximum absolute atomic E-state index is 13.5. The summed E-state index contributed by atoms with van der Waals surface area (Å²) in [5.41, 5.74) is 0.827. The Labute approximate surface area is 103 Å². The van der Waals surface area contributed by atoms with Gasteiger partial charge in [0, 0.05) is 25.2 Å². The van der Waals surface area contributed by atoms with Gasteiger partial charge in [0.1, 0.15) is 5.82 Å². The average molecular weight is 236 g/mol. The van der Waals surface area contributed by atoms with Crippen LogP contribution < -0.4 is 5.32 Å². The van der Waals surface area contributed by atoms with Gasteiger partial charge in [-0.05, 0) is 38.4 Å². The molecule has 1 heterocycles. The lowest BCUT2D eigenvalue weighted by Crippen LogP contribution is -2.36. The molecule has 1 fully saturated rings. The highest BCUT2D eigenvalue weighted by Gasteiger charge is 2.25. The van der Waals surface area contributed by atoms with Crippen LogP contribution in [0.3, 0.4) is 0 Å². The zero-order chi connectivity index (χ0) is 12.3. The lowest BCUT2D eigenvalue weighted by atomic mass is 10.1. The SMILES string of the molecule is CNC1CCN(C(C)Cc2ccccc2F)C1. The van der Waals surface area contributed by atoms with Crippen molar-refractivity contribution in [2.45, 2.75) is 31.8 Å². The van der Waals surface area contributed by atoms with Crippen molar-refractivity contribution in [2.75, 3.05) is 20.1 Å². The number of nitrogens with one attached hydrogen (secondary N) is 1. The van der Waals surface area contributed by atoms with Crippen LogP contribution in [0.1, 0.15) is 18.9 Å². The van der Waals surface area contributed by atoms with Gasteiger partial charge in [-0.25, -0.2) is 4.39 Å². The first-order chi connectivity index (χ1) is 8.20. The number of hydrogen-bond donors (Lipinski definition) is 1. The summed E-state index contributed by atoms with van der Waals surface area (Å²) in [6.07, 6.45) is 1.99. The Morgan fingerprint density at radius 2 is 2.24 bits per heavy atom. The van der Waals surface area contributed by atoms with Crippen molar-refractivity contribution in [2.24, 2.45) is 0 Å². The van der Waals surface area contributed by atoms with Gasteiger partial charge in [0.2, 0.25) is 0 Å². The number of rotatable bonds is 4. The molecule has 0 amide bonds. The second-order valence-corrected chi connectivity index (χ2v) is 4.91. The molecule has 0 bridgehead atoms. The Balaban J connectivity index is 1.94. The summed E-state index contributed by atoms with van der Waals surface area (Å²) in [5.74, 6) is -0.0799. The van der Waals surface area contributed by atoms with Crippen molar-refractivity contribution in [3.63, 3.8) is 0 Å². The molecule has 2 atom stereocenters. The fourth-order valence-corrected chi connectivity index (χ4v) is 2.53. The Hall–Kier alpha value is -0.930. The van der Waals surface area contributed by atoms with Crippen LogP contribution in [-0.4, -0.2) is 37.1 Å². The summed E-state index contributed by atoms with van der Waals surface area (Å²) in [4.78, 5) is 2.44. The van der Waals surface area contributed by atoms with E-state index in [0.717, 1.165) is 25.1 Å². The highest BCUT2D eigenvalue weighted by Crippen LogP contribution is 2.17. The van der Waals surface area contributed by atoms with E-state index in [9.17, 15) is 4.39 Å². The molecule has 2 unspecified atom stereocenters. The number of likely N-dealkylation sites (tertiary alicyclic amines) is 1. The van der Waals surface area contributed by atoms with Crippen LogP contribution in [-0.2, 0) is 6.42 Å². The third-order valence-corrected chi connectivity index (χ3v) is 3.72. The second kappa shape index (κ2) is 5.61. The molecular formula is C14H21FN2. The molecule has 17 heavy (non-hydrogen) atoms. The first-order valence-electron chi connectivity index (χ1n) is 6.35.